The molecule has 424 valence electrons. The molecule has 0 amide bonds. The molecular weight excluding hydrogens is 1170 g/mol. The number of imidazole rings is 5. The number of halogens is 1. The van der Waals surface area contributed by atoms with Crippen molar-refractivity contribution < 1.29 is 19.8 Å². The summed E-state index contributed by atoms with van der Waals surface area (Å²) in [4.78, 5) is 42.1. The van der Waals surface area contributed by atoms with Crippen molar-refractivity contribution in [1.29, 1.82) is 0 Å². The highest BCUT2D eigenvalue weighted by Gasteiger charge is 2.10. The highest BCUT2D eigenvalue weighted by Crippen LogP contribution is 2.13. The third kappa shape index (κ3) is 18.6. The van der Waals surface area contributed by atoms with Gasteiger partial charge in [0.2, 0.25) is 0 Å². The summed E-state index contributed by atoms with van der Waals surface area (Å²) in [7, 11) is -2.43. The minimum Gasteiger partial charge on any atom is -0.478 e. The van der Waals surface area contributed by atoms with Crippen LogP contribution in [-0.4, -0.2) is 111 Å². The number of benzene rings is 2. The Hall–Kier alpha value is -10.8. The molecule has 12 aromatic rings. The van der Waals surface area contributed by atoms with Crippen molar-refractivity contribution in [3.8, 4) is 60.0 Å². The van der Waals surface area contributed by atoms with Gasteiger partial charge in [-0.1, -0.05) is 63.3 Å². The number of carbonyl (C=O) groups is 2. The van der Waals surface area contributed by atoms with E-state index in [1.807, 2.05) is 81.4 Å². The Morgan fingerprint density at radius 1 is 0.447 bits per heavy atom. The van der Waals surface area contributed by atoms with Gasteiger partial charge < -0.3 is 10.2 Å². The van der Waals surface area contributed by atoms with Crippen LogP contribution < -0.4 is 0 Å². The van der Waals surface area contributed by atoms with Crippen LogP contribution in [0.25, 0.3) is 28.2 Å². The van der Waals surface area contributed by atoms with Gasteiger partial charge in [0.1, 0.15) is 43.5 Å². The molecule has 0 aliphatic heterocycles. The molecule has 0 radical (unpaired) electrons. The number of rotatable bonds is 2. The van der Waals surface area contributed by atoms with Gasteiger partial charge in [-0.3, -0.25) is 0 Å². The third-order valence-electron chi connectivity index (χ3n) is 11.2. The lowest BCUT2D eigenvalue weighted by atomic mass is 10.1. The highest BCUT2D eigenvalue weighted by atomic mass is 79.9. The first-order chi connectivity index (χ1) is 40.6. The molecule has 0 saturated heterocycles. The van der Waals surface area contributed by atoms with Crippen molar-refractivity contribution in [3.63, 3.8) is 0 Å². The molecule has 22 heteroatoms. The monoisotopic (exact) mass is 1220 g/mol. The normalized spacial score (nSPS) is 10.2. The summed E-state index contributed by atoms with van der Waals surface area (Å²) in [6, 6.07) is 28.6. The van der Waals surface area contributed by atoms with Crippen LogP contribution in [0.5, 0.6) is 0 Å². The molecular formula is C63H58BrN15O4Si2. The van der Waals surface area contributed by atoms with Gasteiger partial charge in [0.25, 0.3) is 0 Å². The summed E-state index contributed by atoms with van der Waals surface area (Å²) >= 11 is 3.30. The van der Waals surface area contributed by atoms with Gasteiger partial charge in [0, 0.05) is 36.5 Å². The molecule has 0 saturated carbocycles. The Morgan fingerprint density at radius 2 is 0.800 bits per heavy atom. The summed E-state index contributed by atoms with van der Waals surface area (Å²) in [6.45, 7) is 18.8. The Labute approximate surface area is 502 Å². The van der Waals surface area contributed by atoms with E-state index in [0.717, 1.165) is 55.2 Å². The summed E-state index contributed by atoms with van der Waals surface area (Å²) < 4.78 is 9.26. The third-order valence-corrected chi connectivity index (χ3v) is 13.5. The summed E-state index contributed by atoms with van der Waals surface area (Å²) in [5.41, 5.74) is 17.2. The smallest absolute Gasteiger partial charge is 0.335 e. The minimum atomic E-state index is -1.33. The van der Waals surface area contributed by atoms with Crippen molar-refractivity contribution in [3.05, 3.63) is 220 Å². The molecule has 0 atom stereocenters. The number of nitrogens with zero attached hydrogens (tertiary/aromatic N) is 15. The Morgan fingerprint density at radius 3 is 1.18 bits per heavy atom. The quantitative estimate of drug-likeness (QED) is 0.121. The molecule has 0 bridgehead atoms. The number of fused-ring (bicyclic) bond motifs is 5. The highest BCUT2D eigenvalue weighted by molar-refractivity contribution is 9.10. The minimum absolute atomic E-state index is 0.223. The van der Waals surface area contributed by atoms with Crippen LogP contribution in [0.2, 0.25) is 39.3 Å². The van der Waals surface area contributed by atoms with E-state index in [1.165, 1.54) is 0 Å². The first-order valence-electron chi connectivity index (χ1n) is 25.8. The van der Waals surface area contributed by atoms with E-state index in [2.05, 4.69) is 146 Å². The molecule has 2 aromatic carbocycles. The van der Waals surface area contributed by atoms with Crippen LogP contribution >= 0.6 is 15.9 Å². The lowest BCUT2D eigenvalue weighted by Gasteiger charge is -2.02. The largest absolute Gasteiger partial charge is 0.478 e. The van der Waals surface area contributed by atoms with Crippen LogP contribution in [0.3, 0.4) is 0 Å². The van der Waals surface area contributed by atoms with Crippen molar-refractivity contribution in [2.24, 2.45) is 0 Å². The van der Waals surface area contributed by atoms with Gasteiger partial charge in [0.05, 0.1) is 42.1 Å². The average Bonchev–Trinajstić information content (AvgIpc) is 4.53. The standard InChI is InChI=1S/C16H11N3O2.C11H13N3Si.C9H10O2.2C8H5N3.C6H4BrN3.C5H10Si/c1-11-4-5-13(16(20)21)9-12(11)6-7-14-10-17-15-3-2-8-18-19(14)15;1-15(2,3)8-6-10-9-12-11-5-4-7-13-14(10)11;1-6-3-4-8(9(10)11)5-7(6)2;2*1-2-7-6-9-8-4-3-5-10-11(7)8;7-5-4-8-6-2-1-3-9-10(5)6;1-5-6(2,3)4/h2-5,8-10H,1H3,(H,20,21);4-5,7,9H,1-3H3;3-5H,1-2H3,(H,10,11);2*1,3-6H;1-4H;1H,2-4H3. The summed E-state index contributed by atoms with van der Waals surface area (Å²) in [5, 5.41) is 38.1. The maximum absolute atomic E-state index is 11.0. The van der Waals surface area contributed by atoms with E-state index in [4.69, 9.17) is 29.5 Å². The van der Waals surface area contributed by atoms with Gasteiger partial charge >= 0.3 is 11.9 Å². The number of terminal acetylenes is 3. The number of aryl methyl sites for hydroxylation is 3. The molecule has 0 fully saturated rings. The fraction of sp³-hybridized carbons (Fsp3) is 0.143. The zero-order valence-electron chi connectivity index (χ0n) is 48.0. The van der Waals surface area contributed by atoms with Crippen LogP contribution in [0.15, 0.2) is 164 Å². The van der Waals surface area contributed by atoms with E-state index in [9.17, 15) is 9.59 Å². The van der Waals surface area contributed by atoms with Crippen molar-refractivity contribution in [2.45, 2.75) is 60.1 Å². The van der Waals surface area contributed by atoms with E-state index in [-0.39, 0.29) is 5.56 Å². The maximum atomic E-state index is 11.0. The Bertz CT molecular complexity index is 4480. The molecule has 12 rings (SSSR count). The second-order valence-corrected chi connectivity index (χ2v) is 30.3. The van der Waals surface area contributed by atoms with E-state index in [0.29, 0.717) is 28.2 Å². The molecule has 2 N–H and O–H groups in total. The van der Waals surface area contributed by atoms with Crippen molar-refractivity contribution in [2.75, 3.05) is 0 Å². The number of aromatic nitrogens is 15. The number of hydrogen-bond donors (Lipinski definition) is 2. The first-order valence-corrected chi connectivity index (χ1v) is 33.6. The molecule has 10 heterocycles. The maximum Gasteiger partial charge on any atom is 0.335 e. The van der Waals surface area contributed by atoms with Gasteiger partial charge in [0.15, 0.2) is 28.2 Å². The van der Waals surface area contributed by atoms with Crippen LogP contribution in [-0.2, 0) is 0 Å². The van der Waals surface area contributed by atoms with Crippen molar-refractivity contribution in [1.82, 2.24) is 73.0 Å². The van der Waals surface area contributed by atoms with Crippen LogP contribution in [0, 0.1) is 80.7 Å². The van der Waals surface area contributed by atoms with E-state index < -0.39 is 28.1 Å². The zero-order valence-corrected chi connectivity index (χ0v) is 51.6. The SMILES string of the molecule is Brc1cnc2cccnn12.C#C[Si](C)(C)C.C#Cc1cnc2cccnn12.C#Cc1cnc2cccnn12.C[Si](C)(C)C#Cc1cnc2cccnn12.Cc1ccc(C(=O)O)cc1C.Cc1ccc(C(=O)O)cc1C#Cc1cnc2cccnn12. The summed E-state index contributed by atoms with van der Waals surface area (Å²) in [5.74, 6) is 12.3. The van der Waals surface area contributed by atoms with Crippen LogP contribution in [0.4, 0.5) is 0 Å². The second kappa shape index (κ2) is 29.8. The molecule has 0 unspecified atom stereocenters. The zero-order chi connectivity index (χ0) is 61.7. The fourth-order valence-corrected chi connectivity index (χ4v) is 7.51. The predicted molar refractivity (Wildman–Crippen MR) is 338 cm³/mol. The number of aromatic carboxylic acids is 2. The fourth-order valence-electron chi connectivity index (χ4n) is 6.63. The van der Waals surface area contributed by atoms with E-state index >= 15 is 0 Å². The lowest BCUT2D eigenvalue weighted by molar-refractivity contribution is 0.0686. The predicted octanol–water partition coefficient (Wildman–Crippen LogP) is 10.5. The van der Waals surface area contributed by atoms with Crippen LogP contribution in [0.1, 0.15) is 65.7 Å². The second-order valence-electron chi connectivity index (χ2n) is 20.0. The average molecular weight is 1230 g/mol. The van der Waals surface area contributed by atoms with Gasteiger partial charge in [-0.05, 0) is 156 Å². The number of carboxylic acids is 2. The molecule has 0 aliphatic carbocycles. The van der Waals surface area contributed by atoms with E-state index in [1.54, 1.807) is 121 Å². The molecule has 10 aromatic heterocycles. The summed E-state index contributed by atoms with van der Waals surface area (Å²) in [6.07, 6.45) is 32.4. The number of carboxylic acid groups (broad SMARTS) is 2. The first kappa shape index (κ1) is 63.4. The lowest BCUT2D eigenvalue weighted by Crippen LogP contribution is -2.16. The Balaban J connectivity index is 0.000000163. The van der Waals surface area contributed by atoms with Gasteiger partial charge in [-0.15, -0.1) is 30.4 Å². The Kier molecular flexibility index (Phi) is 22.2. The number of hydrogen-bond acceptors (Lipinski definition) is 12. The molecule has 19 nitrogen and oxygen atoms in total. The molecule has 85 heavy (non-hydrogen) atoms. The molecule has 0 spiro atoms. The van der Waals surface area contributed by atoms with Crippen molar-refractivity contribution >= 4 is 72.3 Å². The molecule has 0 aliphatic rings. The van der Waals surface area contributed by atoms with Gasteiger partial charge in [-0.25, -0.2) is 57.1 Å². The topological polar surface area (TPSA) is 226 Å². The van der Waals surface area contributed by atoms with Gasteiger partial charge in [-0.2, -0.15) is 25.5 Å².